The minimum atomic E-state index is 0.277. The Morgan fingerprint density at radius 2 is 2.33 bits per heavy atom. The van der Waals surface area contributed by atoms with E-state index < -0.39 is 0 Å². The molecule has 0 unspecified atom stereocenters. The van der Waals surface area contributed by atoms with Gasteiger partial charge in [0.2, 0.25) is 5.95 Å². The second-order valence-electron chi connectivity index (χ2n) is 2.68. The molecule has 1 rings (SSSR count). The Labute approximate surface area is 71.3 Å². The molecule has 0 radical (unpaired) electrons. The molecule has 0 atom stereocenters. The Balaban J connectivity index is 2.81. The molecule has 0 aliphatic rings. The lowest BCUT2D eigenvalue weighted by Gasteiger charge is -2.06. The van der Waals surface area contributed by atoms with Crippen LogP contribution in [0, 0.1) is 11.3 Å². The average Bonchev–Trinajstić information content (AvgIpc) is 2.03. The Morgan fingerprint density at radius 3 is 2.92 bits per heavy atom. The largest absolute Gasteiger partial charge is 0.352 e. The first-order valence-corrected chi connectivity index (χ1v) is 3.72. The second kappa shape index (κ2) is 3.67. The zero-order chi connectivity index (χ0) is 8.97. The minimum absolute atomic E-state index is 0.277. The van der Waals surface area contributed by atoms with Crippen molar-refractivity contribution in [3.05, 3.63) is 18.0 Å². The predicted octanol–water partition coefficient (Wildman–Crippen LogP) is 1.17. The van der Waals surface area contributed by atoms with E-state index in [1.54, 1.807) is 12.3 Å². The zero-order valence-corrected chi connectivity index (χ0v) is 7.07. The van der Waals surface area contributed by atoms with Crippen LogP contribution in [0.15, 0.2) is 12.3 Å². The lowest BCUT2D eigenvalue weighted by Crippen LogP contribution is -2.12. The third kappa shape index (κ3) is 2.20. The van der Waals surface area contributed by atoms with E-state index in [1.807, 2.05) is 19.9 Å². The summed E-state index contributed by atoms with van der Waals surface area (Å²) in [6, 6.07) is 3.80. The molecule has 1 aromatic rings. The van der Waals surface area contributed by atoms with Crippen molar-refractivity contribution in [1.29, 1.82) is 5.26 Å². The number of nitrogens with one attached hydrogen (secondary N) is 1. The first-order valence-electron chi connectivity index (χ1n) is 3.72. The van der Waals surface area contributed by atoms with Gasteiger partial charge in [-0.1, -0.05) is 0 Å². The van der Waals surface area contributed by atoms with Crippen molar-refractivity contribution in [3.8, 4) is 6.07 Å². The summed E-state index contributed by atoms with van der Waals surface area (Å²) >= 11 is 0. The fraction of sp³-hybridized carbons (Fsp3) is 0.375. The number of hydrogen-bond donors (Lipinski definition) is 1. The van der Waals surface area contributed by atoms with Gasteiger partial charge in [-0.3, -0.25) is 0 Å². The van der Waals surface area contributed by atoms with Crippen molar-refractivity contribution in [2.45, 2.75) is 19.9 Å². The summed E-state index contributed by atoms with van der Waals surface area (Å²) < 4.78 is 0. The van der Waals surface area contributed by atoms with E-state index in [4.69, 9.17) is 5.26 Å². The third-order valence-electron chi connectivity index (χ3n) is 1.19. The topological polar surface area (TPSA) is 61.6 Å². The summed E-state index contributed by atoms with van der Waals surface area (Å²) in [5.41, 5.74) is 0.383. The molecule has 1 aromatic heterocycles. The molecule has 0 fully saturated rings. The SMILES string of the molecule is CC(C)Nc1nccc(C#N)n1. The average molecular weight is 162 g/mol. The number of rotatable bonds is 2. The van der Waals surface area contributed by atoms with Gasteiger partial charge in [0.1, 0.15) is 11.8 Å². The van der Waals surface area contributed by atoms with Crippen LogP contribution >= 0.6 is 0 Å². The van der Waals surface area contributed by atoms with E-state index in [9.17, 15) is 0 Å². The standard InChI is InChI=1S/C8H10N4/c1-6(2)11-8-10-4-3-7(5-9)12-8/h3-4,6H,1-2H3,(H,10,11,12). The van der Waals surface area contributed by atoms with Crippen LogP contribution in [-0.4, -0.2) is 16.0 Å². The van der Waals surface area contributed by atoms with E-state index in [0.717, 1.165) is 0 Å². The van der Waals surface area contributed by atoms with Gasteiger partial charge in [-0.05, 0) is 19.9 Å². The number of hydrogen-bond acceptors (Lipinski definition) is 4. The van der Waals surface area contributed by atoms with Crippen LogP contribution in [0.4, 0.5) is 5.95 Å². The normalized spacial score (nSPS) is 9.50. The highest BCUT2D eigenvalue weighted by atomic mass is 15.1. The van der Waals surface area contributed by atoms with Gasteiger partial charge >= 0.3 is 0 Å². The van der Waals surface area contributed by atoms with Crippen LogP contribution in [0.5, 0.6) is 0 Å². The van der Waals surface area contributed by atoms with Gasteiger partial charge in [0, 0.05) is 12.2 Å². The van der Waals surface area contributed by atoms with Crippen LogP contribution in [-0.2, 0) is 0 Å². The van der Waals surface area contributed by atoms with E-state index in [2.05, 4.69) is 15.3 Å². The van der Waals surface area contributed by atoms with Crippen molar-refractivity contribution >= 4 is 5.95 Å². The summed E-state index contributed by atoms with van der Waals surface area (Å²) in [5.74, 6) is 0.504. The summed E-state index contributed by atoms with van der Waals surface area (Å²) in [7, 11) is 0. The third-order valence-corrected chi connectivity index (χ3v) is 1.19. The van der Waals surface area contributed by atoms with Crippen LogP contribution in [0.3, 0.4) is 0 Å². The van der Waals surface area contributed by atoms with Gasteiger partial charge < -0.3 is 5.32 Å². The zero-order valence-electron chi connectivity index (χ0n) is 7.07. The molecule has 62 valence electrons. The molecular formula is C8H10N4. The van der Waals surface area contributed by atoms with Gasteiger partial charge in [0.25, 0.3) is 0 Å². The van der Waals surface area contributed by atoms with Crippen LogP contribution < -0.4 is 5.32 Å². The Hall–Kier alpha value is -1.63. The molecular weight excluding hydrogens is 152 g/mol. The van der Waals surface area contributed by atoms with Gasteiger partial charge in [-0.25, -0.2) is 9.97 Å². The second-order valence-corrected chi connectivity index (χ2v) is 2.68. The van der Waals surface area contributed by atoms with Gasteiger partial charge in [-0.15, -0.1) is 0 Å². The maximum atomic E-state index is 8.53. The lowest BCUT2D eigenvalue weighted by molar-refractivity contribution is 0.873. The van der Waals surface area contributed by atoms with E-state index in [-0.39, 0.29) is 6.04 Å². The molecule has 0 aliphatic carbocycles. The summed E-state index contributed by atoms with van der Waals surface area (Å²) in [5, 5.41) is 11.5. The molecule has 0 amide bonds. The van der Waals surface area contributed by atoms with Gasteiger partial charge in [0.15, 0.2) is 0 Å². The molecule has 12 heavy (non-hydrogen) atoms. The first-order chi connectivity index (χ1) is 5.72. The molecule has 0 spiro atoms. The highest BCUT2D eigenvalue weighted by molar-refractivity contribution is 5.30. The Kier molecular flexibility index (Phi) is 2.59. The summed E-state index contributed by atoms with van der Waals surface area (Å²) in [6.07, 6.45) is 1.57. The molecule has 4 heteroatoms. The Bertz CT molecular complexity index is 300. The van der Waals surface area contributed by atoms with E-state index >= 15 is 0 Å². The molecule has 0 bridgehead atoms. The fourth-order valence-corrected chi connectivity index (χ4v) is 0.749. The van der Waals surface area contributed by atoms with Crippen molar-refractivity contribution in [1.82, 2.24) is 9.97 Å². The van der Waals surface area contributed by atoms with Crippen molar-refractivity contribution in [2.75, 3.05) is 5.32 Å². The quantitative estimate of drug-likeness (QED) is 0.709. The molecule has 0 aliphatic heterocycles. The van der Waals surface area contributed by atoms with E-state index in [1.165, 1.54) is 0 Å². The maximum Gasteiger partial charge on any atom is 0.224 e. The number of anilines is 1. The lowest BCUT2D eigenvalue weighted by atomic mass is 10.4. The summed E-state index contributed by atoms with van der Waals surface area (Å²) in [6.45, 7) is 3.98. The van der Waals surface area contributed by atoms with Crippen LogP contribution in [0.1, 0.15) is 19.5 Å². The highest BCUT2D eigenvalue weighted by Gasteiger charge is 1.98. The number of nitriles is 1. The predicted molar refractivity (Wildman–Crippen MR) is 45.5 cm³/mol. The van der Waals surface area contributed by atoms with Crippen LogP contribution in [0.2, 0.25) is 0 Å². The van der Waals surface area contributed by atoms with Crippen molar-refractivity contribution < 1.29 is 0 Å². The van der Waals surface area contributed by atoms with Crippen LogP contribution in [0.25, 0.3) is 0 Å². The molecule has 4 nitrogen and oxygen atoms in total. The first kappa shape index (κ1) is 8.47. The fourth-order valence-electron chi connectivity index (χ4n) is 0.749. The minimum Gasteiger partial charge on any atom is -0.352 e. The van der Waals surface area contributed by atoms with Gasteiger partial charge in [-0.2, -0.15) is 5.26 Å². The van der Waals surface area contributed by atoms with Crippen molar-refractivity contribution in [3.63, 3.8) is 0 Å². The maximum absolute atomic E-state index is 8.53. The number of aromatic nitrogens is 2. The molecule has 0 saturated heterocycles. The Morgan fingerprint density at radius 1 is 1.58 bits per heavy atom. The van der Waals surface area contributed by atoms with Crippen molar-refractivity contribution in [2.24, 2.45) is 0 Å². The molecule has 0 aromatic carbocycles. The highest BCUT2D eigenvalue weighted by Crippen LogP contribution is 2.00. The number of nitrogens with zero attached hydrogens (tertiary/aromatic N) is 3. The smallest absolute Gasteiger partial charge is 0.224 e. The van der Waals surface area contributed by atoms with E-state index in [0.29, 0.717) is 11.6 Å². The van der Waals surface area contributed by atoms with Gasteiger partial charge in [0.05, 0.1) is 0 Å². The monoisotopic (exact) mass is 162 g/mol. The summed E-state index contributed by atoms with van der Waals surface area (Å²) in [4.78, 5) is 7.90. The molecule has 1 heterocycles. The molecule has 1 N–H and O–H groups in total. The molecule has 0 saturated carbocycles.